The Balaban J connectivity index is 2.15. The molecule has 0 atom stereocenters. The second kappa shape index (κ2) is 4.45. The summed E-state index contributed by atoms with van der Waals surface area (Å²) in [6.45, 7) is 2.02. The fourth-order valence-electron chi connectivity index (χ4n) is 1.25. The minimum Gasteiger partial charge on any atom is -0.456 e. The van der Waals surface area contributed by atoms with Crippen molar-refractivity contribution in [2.24, 2.45) is 0 Å². The molecule has 78 valence electrons. The summed E-state index contributed by atoms with van der Waals surface area (Å²) in [7, 11) is 0. The highest BCUT2D eigenvalue weighted by molar-refractivity contribution is 5.33. The van der Waals surface area contributed by atoms with E-state index in [1.807, 2.05) is 37.3 Å². The fraction of sp³-hybridized carbons (Fsp3) is 0.0769. The maximum atomic E-state index is 8.60. The molecule has 3 nitrogen and oxygen atoms in total. The van der Waals surface area contributed by atoms with Gasteiger partial charge in [0.2, 0.25) is 0 Å². The second-order valence-electron chi connectivity index (χ2n) is 3.41. The number of pyridine rings is 1. The molecule has 1 aromatic carbocycles. The first-order chi connectivity index (χ1) is 7.78. The van der Waals surface area contributed by atoms with Crippen LogP contribution in [-0.4, -0.2) is 4.98 Å². The van der Waals surface area contributed by atoms with Crippen molar-refractivity contribution in [1.29, 1.82) is 5.26 Å². The monoisotopic (exact) mass is 210 g/mol. The third kappa shape index (κ3) is 2.37. The highest BCUT2D eigenvalue weighted by Crippen LogP contribution is 2.20. The molecule has 0 saturated carbocycles. The van der Waals surface area contributed by atoms with Gasteiger partial charge in [0.15, 0.2) is 0 Å². The normalized spacial score (nSPS) is 9.50. The van der Waals surface area contributed by atoms with Gasteiger partial charge in [0, 0.05) is 0 Å². The number of nitrogens with zero attached hydrogens (tertiary/aromatic N) is 2. The van der Waals surface area contributed by atoms with Crippen molar-refractivity contribution >= 4 is 0 Å². The molecular formula is C13H10N2O. The lowest BCUT2D eigenvalue weighted by atomic mass is 10.2. The van der Waals surface area contributed by atoms with E-state index in [1.165, 1.54) is 5.56 Å². The lowest BCUT2D eigenvalue weighted by Crippen LogP contribution is -1.87. The molecule has 0 aliphatic heterocycles. The first-order valence-electron chi connectivity index (χ1n) is 4.88. The zero-order valence-electron chi connectivity index (χ0n) is 8.84. The highest BCUT2D eigenvalue weighted by atomic mass is 16.5. The predicted molar refractivity (Wildman–Crippen MR) is 60.2 cm³/mol. The molecule has 0 saturated heterocycles. The largest absolute Gasteiger partial charge is 0.456 e. The van der Waals surface area contributed by atoms with Crippen LogP contribution in [0.1, 0.15) is 11.3 Å². The van der Waals surface area contributed by atoms with Crippen molar-refractivity contribution in [1.82, 2.24) is 4.98 Å². The molecule has 3 heteroatoms. The van der Waals surface area contributed by atoms with Crippen LogP contribution in [-0.2, 0) is 0 Å². The van der Waals surface area contributed by atoms with Gasteiger partial charge < -0.3 is 4.74 Å². The molecule has 2 aromatic rings. The molecule has 0 bridgehead atoms. The van der Waals surface area contributed by atoms with E-state index in [0.29, 0.717) is 11.4 Å². The Labute approximate surface area is 93.9 Å². The van der Waals surface area contributed by atoms with E-state index in [-0.39, 0.29) is 0 Å². The summed E-state index contributed by atoms with van der Waals surface area (Å²) in [5.41, 5.74) is 1.57. The van der Waals surface area contributed by atoms with Crippen LogP contribution in [0.25, 0.3) is 0 Å². The van der Waals surface area contributed by atoms with Crippen molar-refractivity contribution in [2.75, 3.05) is 0 Å². The average molecular weight is 210 g/mol. The van der Waals surface area contributed by atoms with E-state index in [9.17, 15) is 0 Å². The van der Waals surface area contributed by atoms with Crippen molar-refractivity contribution in [3.8, 4) is 17.6 Å². The molecule has 16 heavy (non-hydrogen) atoms. The van der Waals surface area contributed by atoms with Gasteiger partial charge in [0.1, 0.15) is 23.3 Å². The van der Waals surface area contributed by atoms with E-state index in [1.54, 1.807) is 18.3 Å². The number of ether oxygens (including phenoxy) is 1. The van der Waals surface area contributed by atoms with Crippen molar-refractivity contribution < 1.29 is 4.74 Å². The van der Waals surface area contributed by atoms with Crippen LogP contribution in [0.2, 0.25) is 0 Å². The highest BCUT2D eigenvalue weighted by Gasteiger charge is 1.98. The topological polar surface area (TPSA) is 45.9 Å². The third-order valence-corrected chi connectivity index (χ3v) is 2.11. The van der Waals surface area contributed by atoms with Crippen LogP contribution < -0.4 is 4.74 Å². The van der Waals surface area contributed by atoms with Crippen LogP contribution >= 0.6 is 0 Å². The van der Waals surface area contributed by atoms with Gasteiger partial charge in [-0.25, -0.2) is 4.98 Å². The van der Waals surface area contributed by atoms with Gasteiger partial charge in [-0.3, -0.25) is 0 Å². The first kappa shape index (κ1) is 10.2. The SMILES string of the molecule is Cc1ccc(Oc2ccc(C#N)nc2)cc1. The summed E-state index contributed by atoms with van der Waals surface area (Å²) in [4.78, 5) is 3.92. The summed E-state index contributed by atoms with van der Waals surface area (Å²) in [5, 5.41) is 8.60. The Morgan fingerprint density at radius 1 is 1.06 bits per heavy atom. The maximum Gasteiger partial charge on any atom is 0.145 e. The zero-order chi connectivity index (χ0) is 11.4. The van der Waals surface area contributed by atoms with Gasteiger partial charge in [0.25, 0.3) is 0 Å². The minimum atomic E-state index is 0.385. The lowest BCUT2D eigenvalue weighted by Gasteiger charge is -2.04. The predicted octanol–water partition coefficient (Wildman–Crippen LogP) is 3.05. The van der Waals surface area contributed by atoms with Gasteiger partial charge in [0.05, 0.1) is 6.20 Å². The number of rotatable bonds is 2. The number of hydrogen-bond acceptors (Lipinski definition) is 3. The smallest absolute Gasteiger partial charge is 0.145 e. The Bertz CT molecular complexity index is 509. The van der Waals surface area contributed by atoms with Gasteiger partial charge in [-0.05, 0) is 31.2 Å². The molecule has 1 heterocycles. The summed E-state index contributed by atoms with van der Waals surface area (Å²) < 4.78 is 5.56. The van der Waals surface area contributed by atoms with Gasteiger partial charge in [-0.15, -0.1) is 0 Å². The standard InChI is InChI=1S/C13H10N2O/c1-10-2-5-12(6-3-10)16-13-7-4-11(8-14)15-9-13/h2-7,9H,1H3. The molecule has 0 spiro atoms. The molecule has 0 unspecified atom stereocenters. The van der Waals surface area contributed by atoms with E-state index < -0.39 is 0 Å². The summed E-state index contributed by atoms with van der Waals surface area (Å²) >= 11 is 0. The van der Waals surface area contributed by atoms with Gasteiger partial charge in [-0.1, -0.05) is 17.7 Å². The Morgan fingerprint density at radius 3 is 2.31 bits per heavy atom. The molecule has 0 fully saturated rings. The van der Waals surface area contributed by atoms with Crippen molar-refractivity contribution in [3.63, 3.8) is 0 Å². The quantitative estimate of drug-likeness (QED) is 0.765. The minimum absolute atomic E-state index is 0.385. The maximum absolute atomic E-state index is 8.60. The summed E-state index contributed by atoms with van der Waals surface area (Å²) in [5.74, 6) is 1.39. The molecule has 1 aromatic heterocycles. The Hall–Kier alpha value is -2.34. The third-order valence-electron chi connectivity index (χ3n) is 2.11. The molecular weight excluding hydrogens is 200 g/mol. The Morgan fingerprint density at radius 2 is 1.75 bits per heavy atom. The molecule has 0 radical (unpaired) electrons. The lowest BCUT2D eigenvalue weighted by molar-refractivity contribution is 0.480. The van der Waals surface area contributed by atoms with Gasteiger partial charge >= 0.3 is 0 Å². The molecule has 0 aliphatic carbocycles. The van der Waals surface area contributed by atoms with E-state index >= 15 is 0 Å². The summed E-state index contributed by atoms with van der Waals surface area (Å²) in [6, 6.07) is 13.1. The van der Waals surface area contributed by atoms with Crippen molar-refractivity contribution in [3.05, 3.63) is 53.9 Å². The second-order valence-corrected chi connectivity index (χ2v) is 3.41. The molecule has 2 rings (SSSR count). The molecule has 0 amide bonds. The first-order valence-corrected chi connectivity index (χ1v) is 4.88. The fourth-order valence-corrected chi connectivity index (χ4v) is 1.25. The van der Waals surface area contributed by atoms with E-state index in [0.717, 1.165) is 5.75 Å². The average Bonchev–Trinajstić information content (AvgIpc) is 2.33. The van der Waals surface area contributed by atoms with Crippen LogP contribution in [0.15, 0.2) is 42.6 Å². The van der Waals surface area contributed by atoms with E-state index in [2.05, 4.69) is 4.98 Å². The molecule has 0 aliphatic rings. The van der Waals surface area contributed by atoms with Crippen molar-refractivity contribution in [2.45, 2.75) is 6.92 Å². The number of nitriles is 1. The Kier molecular flexibility index (Phi) is 2.84. The van der Waals surface area contributed by atoms with E-state index in [4.69, 9.17) is 10.00 Å². The van der Waals surface area contributed by atoms with Crippen LogP contribution in [0.5, 0.6) is 11.5 Å². The summed E-state index contributed by atoms with van der Waals surface area (Å²) in [6.07, 6.45) is 1.54. The van der Waals surface area contributed by atoms with Crippen LogP contribution in [0.4, 0.5) is 0 Å². The number of aromatic nitrogens is 1. The van der Waals surface area contributed by atoms with Crippen LogP contribution in [0.3, 0.4) is 0 Å². The zero-order valence-corrected chi connectivity index (χ0v) is 8.84. The number of hydrogen-bond donors (Lipinski definition) is 0. The van der Waals surface area contributed by atoms with Crippen LogP contribution in [0, 0.1) is 18.3 Å². The van der Waals surface area contributed by atoms with Gasteiger partial charge in [-0.2, -0.15) is 5.26 Å². The number of benzene rings is 1. The number of aryl methyl sites for hydroxylation is 1. The molecule has 0 N–H and O–H groups in total.